The average Bonchev–Trinajstić information content (AvgIpc) is 2.67. The number of halogens is 2. The Hall–Kier alpha value is -2.02. The highest BCUT2D eigenvalue weighted by Gasteiger charge is 2.34. The van der Waals surface area contributed by atoms with Gasteiger partial charge in [-0.1, -0.05) is 66.2 Å². The van der Waals surface area contributed by atoms with Crippen LogP contribution in [0.1, 0.15) is 25.1 Å². The summed E-state index contributed by atoms with van der Waals surface area (Å²) in [5.74, 6) is 0.684. The Kier molecular flexibility index (Phi) is 5.12. The number of fused-ring (bicyclic) bond motifs is 2. The fourth-order valence-corrected chi connectivity index (χ4v) is 4.00. The maximum Gasteiger partial charge on any atom is 0.276 e. The second kappa shape index (κ2) is 7.54. The van der Waals surface area contributed by atoms with E-state index in [2.05, 4.69) is 17.3 Å². The van der Waals surface area contributed by atoms with Gasteiger partial charge in [0.05, 0.1) is 15.4 Å². The summed E-state index contributed by atoms with van der Waals surface area (Å²) in [7, 11) is 0. The number of hydrazone groups is 1. The second-order valence-electron chi connectivity index (χ2n) is 6.09. The first-order valence-corrected chi connectivity index (χ1v) is 10.3. The van der Waals surface area contributed by atoms with Gasteiger partial charge in [-0.15, -0.1) is 5.10 Å². The van der Waals surface area contributed by atoms with E-state index in [0.717, 1.165) is 28.3 Å². The molecule has 27 heavy (non-hydrogen) atoms. The monoisotopic (exact) mass is 418 g/mol. The van der Waals surface area contributed by atoms with Gasteiger partial charge < -0.3 is 0 Å². The molecule has 2 aliphatic heterocycles. The van der Waals surface area contributed by atoms with E-state index in [4.69, 9.17) is 28.2 Å². The normalized spacial score (nSPS) is 18.3. The van der Waals surface area contributed by atoms with E-state index < -0.39 is 6.17 Å². The van der Waals surface area contributed by atoms with Gasteiger partial charge in [0.15, 0.2) is 11.3 Å². The third kappa shape index (κ3) is 3.45. The summed E-state index contributed by atoms with van der Waals surface area (Å²) in [4.78, 5) is 17.7. The highest BCUT2D eigenvalue weighted by atomic mass is 35.5. The molecule has 0 radical (unpaired) electrons. The van der Waals surface area contributed by atoms with Crippen molar-refractivity contribution < 1.29 is 4.79 Å². The van der Waals surface area contributed by atoms with Gasteiger partial charge in [0.1, 0.15) is 5.70 Å². The van der Waals surface area contributed by atoms with Gasteiger partial charge in [-0.25, -0.2) is 5.01 Å². The molecule has 2 heterocycles. The summed E-state index contributed by atoms with van der Waals surface area (Å²) in [5, 5.41) is 12.2. The van der Waals surface area contributed by atoms with Crippen LogP contribution in [-0.2, 0) is 4.79 Å². The topological polar surface area (TPSA) is 57.1 Å². The van der Waals surface area contributed by atoms with Crippen LogP contribution in [0, 0.1) is 0 Å². The average molecular weight is 419 g/mol. The zero-order chi connectivity index (χ0) is 19.0. The van der Waals surface area contributed by atoms with Crippen molar-refractivity contribution >= 4 is 51.7 Å². The number of carbonyl (C=O) groups is 1. The molecule has 0 bridgehead atoms. The molecule has 4 rings (SSSR count). The number of thioether (sulfide) groups is 1. The van der Waals surface area contributed by atoms with Gasteiger partial charge in [-0.05, 0) is 30.2 Å². The van der Waals surface area contributed by atoms with E-state index in [9.17, 15) is 4.79 Å². The lowest BCUT2D eigenvalue weighted by Gasteiger charge is -2.34. The minimum atomic E-state index is -0.493. The molecule has 138 valence electrons. The molecule has 0 aromatic heterocycles. The summed E-state index contributed by atoms with van der Waals surface area (Å²) in [6.07, 6.45) is 0.493. The molecular weight excluding hydrogens is 403 g/mol. The van der Waals surface area contributed by atoms with Crippen molar-refractivity contribution in [1.29, 1.82) is 0 Å². The first kappa shape index (κ1) is 18.3. The van der Waals surface area contributed by atoms with E-state index in [1.54, 1.807) is 17.1 Å². The van der Waals surface area contributed by atoms with Crippen molar-refractivity contribution in [2.24, 2.45) is 10.1 Å². The minimum absolute atomic E-state index is 0.184. The highest BCUT2D eigenvalue weighted by molar-refractivity contribution is 8.13. The van der Waals surface area contributed by atoms with Gasteiger partial charge in [0, 0.05) is 11.0 Å². The van der Waals surface area contributed by atoms with Gasteiger partial charge in [0.25, 0.3) is 5.91 Å². The molecule has 0 spiro atoms. The number of rotatable bonds is 3. The van der Waals surface area contributed by atoms with Crippen molar-refractivity contribution in [3.63, 3.8) is 0 Å². The number of amides is 1. The van der Waals surface area contributed by atoms with Crippen LogP contribution in [0.3, 0.4) is 0 Å². The van der Waals surface area contributed by atoms with Gasteiger partial charge in [-0.2, -0.15) is 0 Å². The smallest absolute Gasteiger partial charge is 0.276 e. The van der Waals surface area contributed by atoms with Crippen LogP contribution in [-0.4, -0.2) is 21.8 Å². The Bertz CT molecular complexity index is 1070. The fraction of sp³-hybridized carbons (Fsp3) is 0.211. The molecule has 0 fully saturated rings. The largest absolute Gasteiger partial charge is 0.298 e. The Morgan fingerprint density at radius 3 is 2.78 bits per heavy atom. The maximum atomic E-state index is 12.9. The first-order chi connectivity index (χ1) is 13.1. The number of carbonyl (C=O) groups excluding carboxylic acids is 1. The zero-order valence-electron chi connectivity index (χ0n) is 14.4. The van der Waals surface area contributed by atoms with Crippen LogP contribution in [0.2, 0.25) is 10.0 Å². The van der Waals surface area contributed by atoms with Gasteiger partial charge >= 0.3 is 0 Å². The number of amidine groups is 1. The van der Waals surface area contributed by atoms with Gasteiger partial charge in [0.2, 0.25) is 0 Å². The van der Waals surface area contributed by atoms with Crippen LogP contribution in [0.25, 0.3) is 5.70 Å². The molecule has 0 saturated heterocycles. The third-order valence-electron chi connectivity index (χ3n) is 4.20. The van der Waals surface area contributed by atoms with Gasteiger partial charge in [-0.3, -0.25) is 15.1 Å². The number of nitrogens with zero attached hydrogens (tertiary/aromatic N) is 3. The van der Waals surface area contributed by atoms with E-state index in [1.165, 1.54) is 11.8 Å². The Labute approximate surface area is 170 Å². The molecule has 1 amide bonds. The molecule has 2 aliphatic rings. The molecule has 5 nitrogen and oxygen atoms in total. The molecule has 0 aliphatic carbocycles. The summed E-state index contributed by atoms with van der Waals surface area (Å²) in [6.45, 7) is 2.08. The Morgan fingerprint density at radius 2 is 2.00 bits per heavy atom. The number of nitrogens with one attached hydrogen (secondary N) is 1. The Balaban J connectivity index is 1.90. The van der Waals surface area contributed by atoms with Crippen molar-refractivity contribution in [3.05, 3.63) is 68.6 Å². The zero-order valence-corrected chi connectivity index (χ0v) is 16.8. The fourth-order valence-electron chi connectivity index (χ4n) is 2.98. The highest BCUT2D eigenvalue weighted by Crippen LogP contribution is 2.33. The van der Waals surface area contributed by atoms with E-state index in [-0.39, 0.29) is 5.91 Å². The van der Waals surface area contributed by atoms with E-state index in [1.807, 2.05) is 30.3 Å². The van der Waals surface area contributed by atoms with Crippen LogP contribution in [0.5, 0.6) is 0 Å². The SMILES string of the molecule is CCCSC1=NN2C(=c3ccccc3=N[C@@H]2c2ccc(Cl)c(Cl)c2)C(=O)N1. The van der Waals surface area contributed by atoms with Crippen LogP contribution in [0.15, 0.2) is 52.6 Å². The number of para-hydroxylation sites is 1. The van der Waals surface area contributed by atoms with Crippen molar-refractivity contribution in [2.45, 2.75) is 19.5 Å². The number of hydrogen-bond acceptors (Lipinski definition) is 5. The third-order valence-corrected chi connectivity index (χ3v) is 6.01. The lowest BCUT2D eigenvalue weighted by molar-refractivity contribution is -0.116. The molecule has 0 saturated carbocycles. The molecule has 8 heteroatoms. The molecule has 1 atom stereocenters. The summed E-state index contributed by atoms with van der Waals surface area (Å²) in [6, 6.07) is 12.9. The van der Waals surface area contributed by atoms with Crippen LogP contribution in [0.4, 0.5) is 0 Å². The van der Waals surface area contributed by atoms with Crippen LogP contribution >= 0.6 is 35.0 Å². The minimum Gasteiger partial charge on any atom is -0.298 e. The van der Waals surface area contributed by atoms with E-state index in [0.29, 0.717) is 20.9 Å². The lowest BCUT2D eigenvalue weighted by Crippen LogP contribution is -2.50. The second-order valence-corrected chi connectivity index (χ2v) is 7.99. The van der Waals surface area contributed by atoms with Crippen molar-refractivity contribution in [3.8, 4) is 0 Å². The summed E-state index contributed by atoms with van der Waals surface area (Å²) < 4.78 is 0. The van der Waals surface area contributed by atoms with E-state index >= 15 is 0 Å². The predicted octanol–water partition coefficient (Wildman–Crippen LogP) is 3.28. The summed E-state index contributed by atoms with van der Waals surface area (Å²) in [5.41, 5.74) is 1.30. The number of benzene rings is 2. The standard InChI is InChI=1S/C19H16Cl2N4OS/c1-2-9-27-19-23-18(26)16-12-5-3-4-6-15(12)22-17(25(16)24-19)11-7-8-13(20)14(21)10-11/h3-8,10,17H,2,9H2,1H3,(H,23,24,26)/t17-/m0/s1. The molecule has 2 aromatic rings. The first-order valence-electron chi connectivity index (χ1n) is 8.52. The molecule has 1 N–H and O–H groups in total. The van der Waals surface area contributed by atoms with Crippen LogP contribution < -0.4 is 15.9 Å². The molecule has 2 aromatic carbocycles. The molecular formula is C19H16Cl2N4OS. The van der Waals surface area contributed by atoms with Crippen molar-refractivity contribution in [2.75, 3.05) is 5.75 Å². The van der Waals surface area contributed by atoms with Crippen molar-refractivity contribution in [1.82, 2.24) is 10.3 Å². The summed E-state index contributed by atoms with van der Waals surface area (Å²) >= 11 is 13.8. The molecule has 0 unspecified atom stereocenters. The predicted molar refractivity (Wildman–Crippen MR) is 110 cm³/mol. The maximum absolute atomic E-state index is 12.9. The Morgan fingerprint density at radius 1 is 1.19 bits per heavy atom. The quantitative estimate of drug-likeness (QED) is 0.831. The lowest BCUT2D eigenvalue weighted by atomic mass is 10.1. The number of hydrogen-bond donors (Lipinski definition) is 1.